The van der Waals surface area contributed by atoms with E-state index in [1.807, 2.05) is 0 Å². The van der Waals surface area contributed by atoms with E-state index in [1.165, 1.54) is 0 Å². The number of nitrogens with two attached hydrogens (primary N) is 1. The van der Waals surface area contributed by atoms with Crippen LogP contribution in [0.4, 0.5) is 18.9 Å². The quantitative estimate of drug-likeness (QED) is 0.783. The van der Waals surface area contributed by atoms with Crippen LogP contribution in [0.5, 0.6) is 0 Å². The maximum atomic E-state index is 13.0. The number of nitrogen functional groups attached to an aromatic ring is 1. The van der Waals surface area contributed by atoms with Crippen molar-refractivity contribution in [2.45, 2.75) is 6.43 Å². The first-order valence-corrected chi connectivity index (χ1v) is 3.74. The summed E-state index contributed by atoms with van der Waals surface area (Å²) in [5, 5.41) is -1.05. The Morgan fingerprint density at radius 3 is 2.57 bits per heavy atom. The van der Waals surface area contributed by atoms with Gasteiger partial charge in [-0.2, -0.15) is 0 Å². The fourth-order valence-electron chi connectivity index (χ4n) is 0.825. The summed E-state index contributed by atoms with van der Waals surface area (Å²) in [6, 6.07) is 0. The van der Waals surface area contributed by atoms with Crippen molar-refractivity contribution >= 4 is 22.5 Å². The number of hydrogen-bond acceptors (Lipinski definition) is 3. The molecular weight excluding hydrogens is 221 g/mol. The number of aromatic nitrogens is 1. The van der Waals surface area contributed by atoms with Gasteiger partial charge in [0.1, 0.15) is 5.69 Å². The summed E-state index contributed by atoms with van der Waals surface area (Å²) in [5.74, 6) is -1.41. The maximum absolute atomic E-state index is 13.0. The number of pyridine rings is 1. The lowest BCUT2D eigenvalue weighted by Crippen LogP contribution is -2.06. The van der Waals surface area contributed by atoms with Crippen molar-refractivity contribution in [1.82, 2.24) is 4.98 Å². The molecule has 14 heavy (non-hydrogen) atoms. The first-order valence-electron chi connectivity index (χ1n) is 3.37. The van der Waals surface area contributed by atoms with Crippen LogP contribution in [-0.4, -0.2) is 10.2 Å². The minimum Gasteiger partial charge on any atom is -0.396 e. The van der Waals surface area contributed by atoms with Crippen LogP contribution < -0.4 is 5.73 Å². The smallest absolute Gasteiger partial charge is 0.283 e. The molecular formula is C7H4ClF3N2O. The summed E-state index contributed by atoms with van der Waals surface area (Å²) < 4.78 is 37.1. The summed E-state index contributed by atoms with van der Waals surface area (Å²) in [7, 11) is 0. The molecule has 0 aliphatic carbocycles. The first-order chi connectivity index (χ1) is 6.45. The minimum atomic E-state index is -3.09. The van der Waals surface area contributed by atoms with E-state index in [4.69, 9.17) is 17.3 Å². The van der Waals surface area contributed by atoms with Gasteiger partial charge in [-0.1, -0.05) is 0 Å². The van der Waals surface area contributed by atoms with Crippen LogP contribution in [0.25, 0.3) is 0 Å². The number of anilines is 1. The number of carbonyl (C=O) groups is 1. The van der Waals surface area contributed by atoms with Gasteiger partial charge in [0.25, 0.3) is 11.7 Å². The van der Waals surface area contributed by atoms with E-state index in [1.54, 1.807) is 0 Å². The highest BCUT2D eigenvalue weighted by atomic mass is 35.5. The Morgan fingerprint density at radius 2 is 2.14 bits per heavy atom. The molecule has 1 aromatic rings. The third-order valence-electron chi connectivity index (χ3n) is 1.50. The number of nitrogens with zero attached hydrogens (tertiary/aromatic N) is 1. The maximum Gasteiger partial charge on any atom is 0.283 e. The zero-order valence-electron chi connectivity index (χ0n) is 6.60. The monoisotopic (exact) mass is 224 g/mol. The Hall–Kier alpha value is -1.30. The number of alkyl halides is 2. The second-order valence-corrected chi connectivity index (χ2v) is 2.70. The van der Waals surface area contributed by atoms with Gasteiger partial charge in [0.2, 0.25) is 0 Å². The summed E-state index contributed by atoms with van der Waals surface area (Å²) in [6.45, 7) is 0. The molecule has 0 aliphatic heterocycles. The van der Waals surface area contributed by atoms with Crippen LogP contribution in [0, 0.1) is 5.82 Å². The van der Waals surface area contributed by atoms with Crippen molar-refractivity contribution in [3.63, 3.8) is 0 Å². The average molecular weight is 225 g/mol. The Kier molecular flexibility index (Phi) is 2.95. The molecule has 0 aliphatic rings. The zero-order chi connectivity index (χ0) is 10.9. The molecule has 1 rings (SSSR count). The van der Waals surface area contributed by atoms with Crippen LogP contribution in [0.15, 0.2) is 6.20 Å². The number of hydrogen-bond donors (Lipinski definition) is 1. The summed E-state index contributed by atoms with van der Waals surface area (Å²) in [4.78, 5) is 13.6. The predicted molar refractivity (Wildman–Crippen MR) is 43.7 cm³/mol. The lowest BCUT2D eigenvalue weighted by molar-refractivity contribution is 0.107. The molecule has 0 fully saturated rings. The van der Waals surface area contributed by atoms with Crippen molar-refractivity contribution in [3.8, 4) is 0 Å². The SMILES string of the molecule is Nc1c(C(=O)Cl)cnc(C(F)F)c1F. The molecule has 0 saturated carbocycles. The van der Waals surface area contributed by atoms with Gasteiger partial charge in [-0.25, -0.2) is 13.2 Å². The molecule has 0 amide bonds. The van der Waals surface area contributed by atoms with Gasteiger partial charge in [0.05, 0.1) is 11.3 Å². The molecule has 3 nitrogen and oxygen atoms in total. The van der Waals surface area contributed by atoms with E-state index < -0.39 is 34.4 Å². The lowest BCUT2D eigenvalue weighted by atomic mass is 10.2. The molecule has 7 heteroatoms. The third-order valence-corrected chi connectivity index (χ3v) is 1.71. The van der Waals surface area contributed by atoms with Crippen molar-refractivity contribution < 1.29 is 18.0 Å². The van der Waals surface area contributed by atoms with Crippen LogP contribution in [0.3, 0.4) is 0 Å². The second-order valence-electron chi connectivity index (χ2n) is 2.36. The van der Waals surface area contributed by atoms with Gasteiger partial charge in [-0.15, -0.1) is 0 Å². The standard InChI is InChI=1S/C7H4ClF3N2O/c8-6(14)2-1-13-5(7(10)11)3(9)4(2)12/h1,7H,(H2,12,13). The van der Waals surface area contributed by atoms with Crippen LogP contribution in [0.1, 0.15) is 22.5 Å². The molecule has 0 aromatic carbocycles. The molecule has 76 valence electrons. The lowest BCUT2D eigenvalue weighted by Gasteiger charge is -2.05. The predicted octanol–water partition coefficient (Wildman–Crippen LogP) is 2.12. The molecule has 1 aromatic heterocycles. The van der Waals surface area contributed by atoms with Gasteiger partial charge in [-0.3, -0.25) is 9.78 Å². The van der Waals surface area contributed by atoms with Gasteiger partial charge in [0, 0.05) is 6.20 Å². The van der Waals surface area contributed by atoms with Crippen molar-refractivity contribution in [3.05, 3.63) is 23.3 Å². The van der Waals surface area contributed by atoms with Crippen LogP contribution in [0.2, 0.25) is 0 Å². The number of halogens is 4. The largest absolute Gasteiger partial charge is 0.396 e. The molecule has 0 atom stereocenters. The highest BCUT2D eigenvalue weighted by Crippen LogP contribution is 2.26. The molecule has 0 bridgehead atoms. The highest BCUT2D eigenvalue weighted by Gasteiger charge is 2.21. The van der Waals surface area contributed by atoms with E-state index in [-0.39, 0.29) is 0 Å². The van der Waals surface area contributed by atoms with Gasteiger partial charge < -0.3 is 5.73 Å². The molecule has 0 unspecified atom stereocenters. The van der Waals surface area contributed by atoms with Crippen molar-refractivity contribution in [2.75, 3.05) is 5.73 Å². The molecule has 0 saturated heterocycles. The van der Waals surface area contributed by atoms with Gasteiger partial charge in [-0.05, 0) is 11.6 Å². The number of carbonyl (C=O) groups excluding carboxylic acids is 1. The average Bonchev–Trinajstić information content (AvgIpc) is 2.08. The fourth-order valence-corrected chi connectivity index (χ4v) is 0.976. The summed E-state index contributed by atoms with van der Waals surface area (Å²) in [5.41, 5.74) is 2.84. The number of rotatable bonds is 2. The van der Waals surface area contributed by atoms with E-state index in [0.717, 1.165) is 6.20 Å². The minimum absolute atomic E-state index is 0.423. The Morgan fingerprint density at radius 1 is 1.57 bits per heavy atom. The molecule has 1 heterocycles. The van der Waals surface area contributed by atoms with Gasteiger partial charge in [0.15, 0.2) is 5.82 Å². The third kappa shape index (κ3) is 1.79. The van der Waals surface area contributed by atoms with Crippen molar-refractivity contribution in [2.24, 2.45) is 0 Å². The normalized spacial score (nSPS) is 10.6. The molecule has 2 N–H and O–H groups in total. The van der Waals surface area contributed by atoms with E-state index in [2.05, 4.69) is 4.98 Å². The van der Waals surface area contributed by atoms with E-state index in [9.17, 15) is 18.0 Å². The fraction of sp³-hybridized carbons (Fsp3) is 0.143. The zero-order valence-corrected chi connectivity index (χ0v) is 7.36. The molecule has 0 spiro atoms. The van der Waals surface area contributed by atoms with Crippen LogP contribution >= 0.6 is 11.6 Å². The topological polar surface area (TPSA) is 56.0 Å². The molecule has 0 radical (unpaired) electrons. The highest BCUT2D eigenvalue weighted by molar-refractivity contribution is 6.68. The Balaban J connectivity index is 3.33. The van der Waals surface area contributed by atoms with E-state index in [0.29, 0.717) is 0 Å². The summed E-state index contributed by atoms with van der Waals surface area (Å²) in [6.07, 6.45) is -2.37. The van der Waals surface area contributed by atoms with E-state index >= 15 is 0 Å². The first kappa shape index (κ1) is 10.8. The summed E-state index contributed by atoms with van der Waals surface area (Å²) >= 11 is 5.00. The Bertz CT molecular complexity index is 383. The van der Waals surface area contributed by atoms with Gasteiger partial charge >= 0.3 is 0 Å². The van der Waals surface area contributed by atoms with Crippen molar-refractivity contribution in [1.29, 1.82) is 0 Å². The Labute approximate surface area is 81.7 Å². The van der Waals surface area contributed by atoms with Crippen LogP contribution in [-0.2, 0) is 0 Å². The second kappa shape index (κ2) is 3.83.